The van der Waals surface area contributed by atoms with Crippen molar-refractivity contribution in [2.45, 2.75) is 32.0 Å². The van der Waals surface area contributed by atoms with Crippen molar-refractivity contribution in [2.24, 2.45) is 5.73 Å². The number of hydrogen-bond donors (Lipinski definition) is 2. The van der Waals surface area contributed by atoms with Gasteiger partial charge in [-0.25, -0.2) is 4.98 Å². The Balaban J connectivity index is 2.00. The van der Waals surface area contributed by atoms with Gasteiger partial charge in [0.25, 0.3) is 0 Å². The SMILES string of the molecule is NCc1cncn1CC1CCC(=O)N1. The summed E-state index contributed by atoms with van der Waals surface area (Å²) in [6, 6.07) is 0.238. The Morgan fingerprint density at radius 3 is 3.21 bits per heavy atom. The van der Waals surface area contributed by atoms with Crippen molar-refractivity contribution in [1.82, 2.24) is 14.9 Å². The number of imidazole rings is 1. The Labute approximate surface area is 82.3 Å². The minimum atomic E-state index is 0.143. The van der Waals surface area contributed by atoms with E-state index in [0.717, 1.165) is 18.7 Å². The smallest absolute Gasteiger partial charge is 0.220 e. The van der Waals surface area contributed by atoms with Crippen molar-refractivity contribution in [1.29, 1.82) is 0 Å². The zero-order valence-corrected chi connectivity index (χ0v) is 7.94. The van der Waals surface area contributed by atoms with Gasteiger partial charge in [-0.3, -0.25) is 4.79 Å². The molecule has 0 bridgehead atoms. The van der Waals surface area contributed by atoms with E-state index < -0.39 is 0 Å². The summed E-state index contributed by atoms with van der Waals surface area (Å²) >= 11 is 0. The molecule has 0 aromatic carbocycles. The molecule has 2 rings (SSSR count). The first kappa shape index (κ1) is 9.21. The molecule has 1 aliphatic rings. The first-order valence-corrected chi connectivity index (χ1v) is 4.78. The molecule has 5 nitrogen and oxygen atoms in total. The zero-order chi connectivity index (χ0) is 9.97. The molecular weight excluding hydrogens is 180 g/mol. The van der Waals surface area contributed by atoms with Gasteiger partial charge in [0.1, 0.15) is 0 Å². The third-order valence-corrected chi connectivity index (χ3v) is 2.51. The van der Waals surface area contributed by atoms with Crippen LogP contribution in [-0.2, 0) is 17.9 Å². The zero-order valence-electron chi connectivity index (χ0n) is 7.94. The Hall–Kier alpha value is -1.36. The molecule has 0 spiro atoms. The van der Waals surface area contributed by atoms with Crippen molar-refractivity contribution < 1.29 is 4.79 Å². The lowest BCUT2D eigenvalue weighted by Gasteiger charge is -2.12. The van der Waals surface area contributed by atoms with E-state index in [2.05, 4.69) is 10.3 Å². The summed E-state index contributed by atoms with van der Waals surface area (Å²) in [5.74, 6) is 0.143. The van der Waals surface area contributed by atoms with E-state index in [-0.39, 0.29) is 11.9 Å². The molecule has 1 fully saturated rings. The lowest BCUT2D eigenvalue weighted by Crippen LogP contribution is -2.30. The maximum Gasteiger partial charge on any atom is 0.220 e. The van der Waals surface area contributed by atoms with Crippen molar-refractivity contribution in [3.63, 3.8) is 0 Å². The van der Waals surface area contributed by atoms with Crippen LogP contribution >= 0.6 is 0 Å². The Bertz CT molecular complexity index is 333. The highest BCUT2D eigenvalue weighted by Crippen LogP contribution is 2.10. The van der Waals surface area contributed by atoms with Gasteiger partial charge in [0.15, 0.2) is 0 Å². The Morgan fingerprint density at radius 2 is 2.57 bits per heavy atom. The molecule has 1 atom stereocenters. The van der Waals surface area contributed by atoms with Gasteiger partial charge < -0.3 is 15.6 Å². The van der Waals surface area contributed by atoms with Crippen LogP contribution in [0, 0.1) is 0 Å². The molecule has 0 saturated carbocycles. The van der Waals surface area contributed by atoms with Crippen molar-refractivity contribution in [3.8, 4) is 0 Å². The molecule has 1 unspecified atom stereocenters. The third kappa shape index (κ3) is 1.77. The van der Waals surface area contributed by atoms with Gasteiger partial charge in [-0.05, 0) is 6.42 Å². The number of nitrogens with two attached hydrogens (primary N) is 1. The predicted molar refractivity (Wildman–Crippen MR) is 51.3 cm³/mol. The number of nitrogens with one attached hydrogen (secondary N) is 1. The monoisotopic (exact) mass is 194 g/mol. The van der Waals surface area contributed by atoms with Crippen molar-refractivity contribution in [2.75, 3.05) is 0 Å². The summed E-state index contributed by atoms with van der Waals surface area (Å²) in [5, 5.41) is 2.92. The van der Waals surface area contributed by atoms with Gasteiger partial charge >= 0.3 is 0 Å². The van der Waals surface area contributed by atoms with Crippen molar-refractivity contribution >= 4 is 5.91 Å². The maximum atomic E-state index is 11.0. The lowest BCUT2D eigenvalue weighted by atomic mass is 10.2. The fraction of sp³-hybridized carbons (Fsp3) is 0.556. The van der Waals surface area contributed by atoms with Crippen molar-refractivity contribution in [3.05, 3.63) is 18.2 Å². The second-order valence-corrected chi connectivity index (χ2v) is 3.54. The largest absolute Gasteiger partial charge is 0.352 e. The van der Waals surface area contributed by atoms with Gasteiger partial charge in [0, 0.05) is 31.7 Å². The molecule has 5 heteroatoms. The fourth-order valence-electron chi connectivity index (χ4n) is 1.73. The number of nitrogens with zero attached hydrogens (tertiary/aromatic N) is 2. The minimum Gasteiger partial charge on any atom is -0.352 e. The fourth-order valence-corrected chi connectivity index (χ4v) is 1.73. The number of carbonyl (C=O) groups excluding carboxylic acids is 1. The van der Waals surface area contributed by atoms with Gasteiger partial charge in [-0.2, -0.15) is 0 Å². The summed E-state index contributed by atoms with van der Waals surface area (Å²) in [7, 11) is 0. The summed E-state index contributed by atoms with van der Waals surface area (Å²) in [4.78, 5) is 15.0. The molecule has 14 heavy (non-hydrogen) atoms. The van der Waals surface area contributed by atoms with Gasteiger partial charge in [0.2, 0.25) is 5.91 Å². The van der Waals surface area contributed by atoms with E-state index in [1.165, 1.54) is 0 Å². The molecule has 1 amide bonds. The normalized spacial score (nSPS) is 21.2. The molecule has 0 radical (unpaired) electrons. The first-order valence-electron chi connectivity index (χ1n) is 4.78. The number of amides is 1. The van der Waals surface area contributed by atoms with E-state index in [1.807, 2.05) is 4.57 Å². The number of carbonyl (C=O) groups is 1. The average Bonchev–Trinajstić information content (AvgIpc) is 2.76. The van der Waals surface area contributed by atoms with Gasteiger partial charge in [-0.1, -0.05) is 0 Å². The molecular formula is C9H14N4O. The standard InChI is InChI=1S/C9H14N4O/c10-3-8-4-11-6-13(8)5-7-1-2-9(14)12-7/h4,6-7H,1-3,5,10H2,(H,12,14). The van der Waals surface area contributed by atoms with Crippen LogP contribution in [0.1, 0.15) is 18.5 Å². The van der Waals surface area contributed by atoms with Crippen LogP contribution in [0.2, 0.25) is 0 Å². The molecule has 76 valence electrons. The molecule has 2 heterocycles. The van der Waals surface area contributed by atoms with E-state index in [4.69, 9.17) is 5.73 Å². The predicted octanol–water partition coefficient (Wildman–Crippen LogP) is -0.380. The highest BCUT2D eigenvalue weighted by atomic mass is 16.1. The van der Waals surface area contributed by atoms with E-state index in [1.54, 1.807) is 12.5 Å². The van der Waals surface area contributed by atoms with Gasteiger partial charge in [-0.15, -0.1) is 0 Å². The molecule has 1 aromatic heterocycles. The molecule has 1 aromatic rings. The van der Waals surface area contributed by atoms with Crippen LogP contribution in [0.4, 0.5) is 0 Å². The summed E-state index contributed by atoms with van der Waals surface area (Å²) in [6.07, 6.45) is 5.06. The highest BCUT2D eigenvalue weighted by molar-refractivity contribution is 5.78. The van der Waals surface area contributed by atoms with Crippen LogP contribution in [-0.4, -0.2) is 21.5 Å². The second kappa shape index (κ2) is 3.79. The van der Waals surface area contributed by atoms with Crippen LogP contribution in [0.25, 0.3) is 0 Å². The number of aromatic nitrogens is 2. The Kier molecular flexibility index (Phi) is 2.49. The molecule has 1 aliphatic heterocycles. The number of hydrogen-bond acceptors (Lipinski definition) is 3. The summed E-state index contributed by atoms with van der Waals surface area (Å²) < 4.78 is 2.00. The number of rotatable bonds is 3. The van der Waals surface area contributed by atoms with Gasteiger partial charge in [0.05, 0.1) is 12.0 Å². The van der Waals surface area contributed by atoms with Crippen LogP contribution in [0.15, 0.2) is 12.5 Å². The maximum absolute atomic E-state index is 11.0. The molecule has 0 aliphatic carbocycles. The first-order chi connectivity index (χ1) is 6.79. The van der Waals surface area contributed by atoms with Crippen LogP contribution in [0.5, 0.6) is 0 Å². The third-order valence-electron chi connectivity index (χ3n) is 2.51. The Morgan fingerprint density at radius 1 is 1.71 bits per heavy atom. The lowest BCUT2D eigenvalue weighted by molar-refractivity contribution is -0.119. The summed E-state index contributed by atoms with van der Waals surface area (Å²) in [6.45, 7) is 1.26. The minimum absolute atomic E-state index is 0.143. The van der Waals surface area contributed by atoms with Crippen LogP contribution in [0.3, 0.4) is 0 Å². The van der Waals surface area contributed by atoms with Crippen LogP contribution < -0.4 is 11.1 Å². The quantitative estimate of drug-likeness (QED) is 0.689. The van der Waals surface area contributed by atoms with E-state index in [9.17, 15) is 4.79 Å². The van der Waals surface area contributed by atoms with E-state index in [0.29, 0.717) is 13.0 Å². The topological polar surface area (TPSA) is 72.9 Å². The summed E-state index contributed by atoms with van der Waals surface area (Å²) in [5.41, 5.74) is 6.55. The molecule has 3 N–H and O–H groups in total. The average molecular weight is 194 g/mol. The second-order valence-electron chi connectivity index (χ2n) is 3.54. The molecule has 1 saturated heterocycles. The van der Waals surface area contributed by atoms with E-state index >= 15 is 0 Å². The highest BCUT2D eigenvalue weighted by Gasteiger charge is 2.21.